The molecule has 1 saturated carbocycles. The van der Waals surface area contributed by atoms with Crippen molar-refractivity contribution in [2.24, 2.45) is 5.92 Å². The number of rotatable bonds is 8. The highest BCUT2D eigenvalue weighted by molar-refractivity contribution is 7.92. The molecule has 8 nitrogen and oxygen atoms in total. The van der Waals surface area contributed by atoms with Crippen LogP contribution in [-0.4, -0.2) is 58.7 Å². The Morgan fingerprint density at radius 2 is 2.11 bits per heavy atom. The Kier molecular flexibility index (Phi) is 6.45. The monoisotopic (exact) mass is 504 g/mol. The number of nitrogens with one attached hydrogen (secondary N) is 1. The molecule has 0 spiro atoms. The number of nitrogens with zero attached hydrogens (tertiary/aromatic N) is 1. The molecule has 3 aliphatic rings. The predicted molar refractivity (Wildman–Crippen MR) is 127 cm³/mol. The summed E-state index contributed by atoms with van der Waals surface area (Å²) in [4.78, 5) is 14.8. The minimum Gasteiger partial charge on any atom is -0.492 e. The van der Waals surface area contributed by atoms with Crippen LogP contribution in [0.4, 0.5) is 10.1 Å². The van der Waals surface area contributed by atoms with Gasteiger partial charge in [-0.25, -0.2) is 17.6 Å². The van der Waals surface area contributed by atoms with Gasteiger partial charge in [0.25, 0.3) is 10.0 Å². The Balaban J connectivity index is 1.43. The molecule has 1 saturated heterocycles. The van der Waals surface area contributed by atoms with E-state index in [1.165, 1.54) is 19.2 Å². The van der Waals surface area contributed by atoms with Crippen molar-refractivity contribution in [2.75, 3.05) is 38.1 Å². The van der Waals surface area contributed by atoms with Crippen LogP contribution in [-0.2, 0) is 26.1 Å². The van der Waals surface area contributed by atoms with E-state index in [4.69, 9.17) is 14.2 Å². The van der Waals surface area contributed by atoms with Crippen molar-refractivity contribution in [3.05, 3.63) is 52.8 Å². The van der Waals surface area contributed by atoms with E-state index in [9.17, 15) is 17.6 Å². The number of ether oxygens (including phenoxy) is 3. The van der Waals surface area contributed by atoms with E-state index in [0.29, 0.717) is 24.2 Å². The van der Waals surface area contributed by atoms with Gasteiger partial charge in [-0.05, 0) is 55.1 Å². The van der Waals surface area contributed by atoms with Crippen LogP contribution in [0.2, 0.25) is 0 Å². The molecule has 2 fully saturated rings. The van der Waals surface area contributed by atoms with Gasteiger partial charge in [0, 0.05) is 24.6 Å². The molecule has 2 heterocycles. The number of halogens is 1. The summed E-state index contributed by atoms with van der Waals surface area (Å²) in [6.45, 7) is 5.09. The molecule has 0 bridgehead atoms. The highest BCUT2D eigenvalue weighted by Crippen LogP contribution is 2.55. The molecular weight excluding hydrogens is 475 g/mol. The SMILES string of the molecule is CCN1CC[C@@H](OCc2cc(F)ccc2S(=O)(=O)Nc2ccc3c(c2C(=O)OC)OC[C@@H]2C[C@H]32)C1. The molecule has 0 unspecified atom stereocenters. The molecule has 0 aromatic heterocycles. The molecule has 10 heteroatoms. The van der Waals surface area contributed by atoms with Crippen molar-refractivity contribution in [2.45, 2.75) is 43.3 Å². The van der Waals surface area contributed by atoms with Crippen molar-refractivity contribution in [1.82, 2.24) is 4.90 Å². The van der Waals surface area contributed by atoms with E-state index in [1.807, 2.05) is 0 Å². The standard InChI is InChI=1S/C25H29FN2O6S/c1-3-28-9-8-18(12-28)33-14-16-10-17(26)4-7-22(16)35(30,31)27-21-6-5-19-20-11-15(20)13-34-24(19)23(21)25(29)32-2/h4-7,10,15,18,20,27H,3,8-9,11-14H2,1-2H3/t15-,18+,20-/m0/s1. The fraction of sp³-hybridized carbons (Fsp3) is 0.480. The van der Waals surface area contributed by atoms with Gasteiger partial charge in [0.2, 0.25) is 0 Å². The van der Waals surface area contributed by atoms with Gasteiger partial charge in [0.05, 0.1) is 37.0 Å². The first-order valence-electron chi connectivity index (χ1n) is 11.8. The summed E-state index contributed by atoms with van der Waals surface area (Å²) in [5.41, 5.74) is 1.20. The minimum absolute atomic E-state index is 0.0447. The number of hydrogen-bond donors (Lipinski definition) is 1. The minimum atomic E-state index is -4.19. The Labute approximate surface area is 204 Å². The molecular formula is C25H29FN2O6S. The first kappa shape index (κ1) is 24.0. The van der Waals surface area contributed by atoms with Crippen molar-refractivity contribution < 1.29 is 31.8 Å². The van der Waals surface area contributed by atoms with Gasteiger partial charge in [-0.1, -0.05) is 13.0 Å². The van der Waals surface area contributed by atoms with Crippen LogP contribution in [0.5, 0.6) is 5.75 Å². The summed E-state index contributed by atoms with van der Waals surface area (Å²) in [5, 5.41) is 0. The molecule has 5 rings (SSSR count). The van der Waals surface area contributed by atoms with E-state index in [1.54, 1.807) is 12.1 Å². The number of benzene rings is 2. The summed E-state index contributed by atoms with van der Waals surface area (Å²) in [5.74, 6) is -0.141. The molecule has 2 aromatic rings. The highest BCUT2D eigenvalue weighted by atomic mass is 32.2. The van der Waals surface area contributed by atoms with Gasteiger partial charge >= 0.3 is 5.97 Å². The first-order chi connectivity index (χ1) is 16.8. The van der Waals surface area contributed by atoms with Crippen LogP contribution < -0.4 is 9.46 Å². The van der Waals surface area contributed by atoms with Crippen molar-refractivity contribution in [3.8, 4) is 5.75 Å². The molecule has 2 aromatic carbocycles. The zero-order valence-corrected chi connectivity index (χ0v) is 20.6. The van der Waals surface area contributed by atoms with Gasteiger partial charge in [-0.2, -0.15) is 0 Å². The van der Waals surface area contributed by atoms with Gasteiger partial charge in [0.15, 0.2) is 0 Å². The third-order valence-corrected chi connectivity index (χ3v) is 8.51. The van der Waals surface area contributed by atoms with Gasteiger partial charge in [-0.3, -0.25) is 4.72 Å². The third kappa shape index (κ3) is 4.74. The van der Waals surface area contributed by atoms with E-state index in [0.717, 1.165) is 44.1 Å². The second-order valence-electron chi connectivity index (χ2n) is 9.28. The number of methoxy groups -OCH3 is 1. The molecule has 188 valence electrons. The molecule has 1 aliphatic carbocycles. The smallest absolute Gasteiger partial charge is 0.343 e. The lowest BCUT2D eigenvalue weighted by Gasteiger charge is -2.22. The van der Waals surface area contributed by atoms with E-state index < -0.39 is 21.8 Å². The zero-order chi connectivity index (χ0) is 24.7. The Hall–Kier alpha value is -2.69. The maximum Gasteiger partial charge on any atom is 0.343 e. The van der Waals surface area contributed by atoms with Crippen molar-refractivity contribution in [1.29, 1.82) is 0 Å². The summed E-state index contributed by atoms with van der Waals surface area (Å²) < 4.78 is 60.2. The maximum absolute atomic E-state index is 14.1. The van der Waals surface area contributed by atoms with Crippen LogP contribution in [0.1, 0.15) is 47.2 Å². The normalized spacial score (nSPS) is 23.2. The second kappa shape index (κ2) is 9.40. The lowest BCUT2D eigenvalue weighted by molar-refractivity contribution is 0.0457. The van der Waals surface area contributed by atoms with Gasteiger partial charge in [0.1, 0.15) is 17.1 Å². The summed E-state index contributed by atoms with van der Waals surface area (Å²) in [7, 11) is -2.95. The molecule has 1 N–H and O–H groups in total. The fourth-order valence-corrected chi connectivity index (χ4v) is 6.27. The summed E-state index contributed by atoms with van der Waals surface area (Å²) in [6, 6.07) is 6.83. The number of carbonyl (C=O) groups excluding carboxylic acids is 1. The average molecular weight is 505 g/mol. The summed E-state index contributed by atoms with van der Waals surface area (Å²) in [6.07, 6.45) is 1.77. The van der Waals surface area contributed by atoms with Gasteiger partial charge in [-0.15, -0.1) is 0 Å². The van der Waals surface area contributed by atoms with Crippen molar-refractivity contribution in [3.63, 3.8) is 0 Å². The third-order valence-electron chi connectivity index (χ3n) is 7.05. The number of sulfonamides is 1. The molecule has 0 amide bonds. The van der Waals surface area contributed by atoms with Crippen LogP contribution in [0, 0.1) is 11.7 Å². The lowest BCUT2D eigenvalue weighted by Crippen LogP contribution is -2.23. The van der Waals surface area contributed by atoms with Gasteiger partial charge < -0.3 is 19.1 Å². The number of esters is 1. The van der Waals surface area contributed by atoms with Crippen LogP contribution in [0.3, 0.4) is 0 Å². The van der Waals surface area contributed by atoms with E-state index in [-0.39, 0.29) is 34.4 Å². The maximum atomic E-state index is 14.1. The van der Waals surface area contributed by atoms with Crippen LogP contribution >= 0.6 is 0 Å². The number of carbonyl (C=O) groups is 1. The van der Waals surface area contributed by atoms with Crippen LogP contribution in [0.25, 0.3) is 0 Å². The van der Waals surface area contributed by atoms with Crippen molar-refractivity contribution >= 4 is 21.7 Å². The second-order valence-corrected chi connectivity index (χ2v) is 10.9. The number of likely N-dealkylation sites (N-methyl/N-ethyl adjacent to an activating group) is 1. The zero-order valence-electron chi connectivity index (χ0n) is 19.8. The topological polar surface area (TPSA) is 94.2 Å². The number of fused-ring (bicyclic) bond motifs is 3. The fourth-order valence-electron chi connectivity index (χ4n) is 4.99. The lowest BCUT2D eigenvalue weighted by atomic mass is 10.0. The van der Waals surface area contributed by atoms with Crippen LogP contribution in [0.15, 0.2) is 35.2 Å². The number of anilines is 1. The largest absolute Gasteiger partial charge is 0.492 e. The number of likely N-dealkylation sites (tertiary alicyclic amines) is 1. The van der Waals surface area contributed by atoms with E-state index in [2.05, 4.69) is 16.5 Å². The molecule has 3 atom stereocenters. The Bertz CT molecular complexity index is 1250. The predicted octanol–water partition coefficient (Wildman–Crippen LogP) is 3.52. The average Bonchev–Trinajstić information content (AvgIpc) is 3.50. The Morgan fingerprint density at radius 3 is 2.86 bits per heavy atom. The van der Waals surface area contributed by atoms with E-state index >= 15 is 0 Å². The molecule has 35 heavy (non-hydrogen) atoms. The number of hydrogen-bond acceptors (Lipinski definition) is 7. The highest BCUT2D eigenvalue weighted by Gasteiger charge is 2.45. The summed E-state index contributed by atoms with van der Waals surface area (Å²) >= 11 is 0. The Morgan fingerprint density at radius 1 is 1.29 bits per heavy atom. The quantitative estimate of drug-likeness (QED) is 0.550. The molecule has 2 aliphatic heterocycles. The molecule has 0 radical (unpaired) electrons. The first-order valence-corrected chi connectivity index (χ1v) is 13.3.